The summed E-state index contributed by atoms with van der Waals surface area (Å²) >= 11 is 0. The first kappa shape index (κ1) is 13.2. The Balaban J connectivity index is 1.91. The fourth-order valence-electron chi connectivity index (χ4n) is 3.54. The fourth-order valence-corrected chi connectivity index (χ4v) is 3.54. The average Bonchev–Trinajstić information content (AvgIpc) is 3.02. The topological polar surface area (TPSA) is 55.2 Å². The van der Waals surface area contributed by atoms with Crippen molar-refractivity contribution in [1.29, 1.82) is 0 Å². The van der Waals surface area contributed by atoms with Crippen molar-refractivity contribution >= 4 is 28.4 Å². The van der Waals surface area contributed by atoms with Gasteiger partial charge in [0.15, 0.2) is 0 Å². The molecule has 22 heavy (non-hydrogen) atoms. The molecule has 0 bridgehead atoms. The number of carbonyl (C=O) groups is 2. The lowest BCUT2D eigenvalue weighted by molar-refractivity contribution is -0.120. The molecule has 1 aromatic heterocycles. The number of nitrogens with zero attached hydrogens (tertiary/aromatic N) is 3. The van der Waals surface area contributed by atoms with Gasteiger partial charge in [0.2, 0.25) is 0 Å². The maximum atomic E-state index is 12.7. The van der Waals surface area contributed by atoms with Crippen LogP contribution >= 0.6 is 0 Å². The molecule has 1 aliphatic carbocycles. The number of aromatic nitrogens is 2. The van der Waals surface area contributed by atoms with Gasteiger partial charge in [-0.2, -0.15) is 5.10 Å². The number of benzene rings is 1. The summed E-state index contributed by atoms with van der Waals surface area (Å²) in [5.74, 6) is -0.294. The molecule has 5 heteroatoms. The van der Waals surface area contributed by atoms with Crippen molar-refractivity contribution in [2.75, 3.05) is 4.90 Å². The van der Waals surface area contributed by atoms with Crippen LogP contribution in [0.25, 0.3) is 10.9 Å². The average molecular weight is 295 g/mol. The van der Waals surface area contributed by atoms with E-state index in [2.05, 4.69) is 5.10 Å². The summed E-state index contributed by atoms with van der Waals surface area (Å²) in [6.45, 7) is 2.00. The predicted octanol–water partition coefficient (Wildman–Crippen LogP) is 2.63. The molecule has 0 N–H and O–H groups in total. The second kappa shape index (κ2) is 4.53. The number of anilines is 1. The summed E-state index contributed by atoms with van der Waals surface area (Å²) in [7, 11) is 1.84. The number of hydrogen-bond donors (Lipinski definition) is 0. The highest BCUT2D eigenvalue weighted by Gasteiger charge is 2.40. The lowest BCUT2D eigenvalue weighted by Gasteiger charge is -2.17. The van der Waals surface area contributed by atoms with E-state index in [0.29, 0.717) is 16.8 Å². The largest absolute Gasteiger partial charge is 0.269 e. The van der Waals surface area contributed by atoms with Crippen LogP contribution in [0.15, 0.2) is 29.5 Å². The van der Waals surface area contributed by atoms with Crippen LogP contribution in [0.5, 0.6) is 0 Å². The number of rotatable bonds is 1. The molecule has 0 saturated carbocycles. The summed E-state index contributed by atoms with van der Waals surface area (Å²) in [5, 5.41) is 5.26. The van der Waals surface area contributed by atoms with Crippen molar-refractivity contribution in [2.45, 2.75) is 32.6 Å². The molecule has 1 aromatic carbocycles. The lowest BCUT2D eigenvalue weighted by atomic mass is 9.93. The first-order chi connectivity index (χ1) is 10.6. The van der Waals surface area contributed by atoms with Crippen LogP contribution in [0.3, 0.4) is 0 Å². The second-order valence-corrected chi connectivity index (χ2v) is 6.04. The highest BCUT2D eigenvalue weighted by molar-refractivity contribution is 6.34. The lowest BCUT2D eigenvalue weighted by Crippen LogP contribution is -2.32. The molecule has 4 rings (SSSR count). The van der Waals surface area contributed by atoms with Gasteiger partial charge in [-0.1, -0.05) is 6.07 Å². The number of carbonyl (C=O) groups excluding carboxylic acids is 2. The third-order valence-corrected chi connectivity index (χ3v) is 4.73. The van der Waals surface area contributed by atoms with E-state index < -0.39 is 0 Å². The van der Waals surface area contributed by atoms with Gasteiger partial charge in [0.25, 0.3) is 11.8 Å². The molecule has 0 atom stereocenters. The van der Waals surface area contributed by atoms with Gasteiger partial charge in [-0.05, 0) is 44.2 Å². The Labute approximate surface area is 128 Å². The third kappa shape index (κ3) is 1.62. The summed E-state index contributed by atoms with van der Waals surface area (Å²) in [6, 6.07) is 3.80. The van der Waals surface area contributed by atoms with Crippen molar-refractivity contribution in [3.05, 3.63) is 35.0 Å². The van der Waals surface area contributed by atoms with Crippen LogP contribution in [0.1, 0.15) is 31.2 Å². The molecule has 112 valence electrons. The normalized spacial score (nSPS) is 18.5. The maximum Gasteiger partial charge on any atom is 0.261 e. The van der Waals surface area contributed by atoms with Gasteiger partial charge >= 0.3 is 0 Å². The van der Waals surface area contributed by atoms with E-state index in [1.165, 1.54) is 4.90 Å². The minimum absolute atomic E-state index is 0.147. The molecule has 2 aliphatic rings. The van der Waals surface area contributed by atoms with Crippen molar-refractivity contribution in [3.63, 3.8) is 0 Å². The van der Waals surface area contributed by atoms with Crippen LogP contribution in [0.4, 0.5) is 5.69 Å². The molecule has 0 radical (unpaired) electrons. The van der Waals surface area contributed by atoms with Gasteiger partial charge in [0, 0.05) is 23.6 Å². The number of fused-ring (bicyclic) bond motifs is 1. The predicted molar refractivity (Wildman–Crippen MR) is 83.4 cm³/mol. The molecule has 0 unspecified atom stereocenters. The van der Waals surface area contributed by atoms with Crippen molar-refractivity contribution in [2.24, 2.45) is 7.05 Å². The van der Waals surface area contributed by atoms with Gasteiger partial charge in [-0.25, -0.2) is 4.90 Å². The van der Waals surface area contributed by atoms with Gasteiger partial charge in [0.05, 0.1) is 17.4 Å². The molecule has 2 aromatic rings. The van der Waals surface area contributed by atoms with E-state index >= 15 is 0 Å². The Morgan fingerprint density at radius 2 is 1.68 bits per heavy atom. The Morgan fingerprint density at radius 1 is 1.05 bits per heavy atom. The van der Waals surface area contributed by atoms with Crippen LogP contribution in [0, 0.1) is 6.92 Å². The Kier molecular flexibility index (Phi) is 2.73. The standard InChI is InChI=1S/C17H17N3O2/c1-10-7-8-14(15-13(10)9-18-19(15)2)20-16(21)11-5-3-4-6-12(11)17(20)22/h7-9H,3-6H2,1-2H3. The zero-order valence-corrected chi connectivity index (χ0v) is 12.7. The van der Waals surface area contributed by atoms with E-state index in [9.17, 15) is 9.59 Å². The molecular formula is C17H17N3O2. The van der Waals surface area contributed by atoms with Gasteiger partial charge in [-0.15, -0.1) is 0 Å². The molecular weight excluding hydrogens is 278 g/mol. The number of aryl methyl sites for hydroxylation is 2. The smallest absolute Gasteiger partial charge is 0.261 e. The fraction of sp³-hybridized carbons (Fsp3) is 0.353. The Bertz CT molecular complexity index is 832. The van der Waals surface area contributed by atoms with Gasteiger partial charge in [-0.3, -0.25) is 14.3 Å². The summed E-state index contributed by atoms with van der Waals surface area (Å²) in [5.41, 5.74) is 3.99. The Hall–Kier alpha value is -2.43. The first-order valence-electron chi connectivity index (χ1n) is 7.61. The van der Waals surface area contributed by atoms with E-state index in [4.69, 9.17) is 0 Å². The van der Waals surface area contributed by atoms with Crippen molar-refractivity contribution in [3.8, 4) is 0 Å². The van der Waals surface area contributed by atoms with Gasteiger partial charge in [0.1, 0.15) is 0 Å². The van der Waals surface area contributed by atoms with E-state index in [1.807, 2.05) is 26.1 Å². The molecule has 0 saturated heterocycles. The zero-order valence-electron chi connectivity index (χ0n) is 12.7. The third-order valence-electron chi connectivity index (χ3n) is 4.73. The molecule has 1 aliphatic heterocycles. The zero-order chi connectivity index (χ0) is 15.4. The summed E-state index contributed by atoms with van der Waals surface area (Å²) < 4.78 is 1.73. The SMILES string of the molecule is Cc1ccc(N2C(=O)C3=C(CCCC3)C2=O)c2c1cnn2C. The first-order valence-corrected chi connectivity index (χ1v) is 7.61. The molecule has 2 amide bonds. The highest BCUT2D eigenvalue weighted by Crippen LogP contribution is 2.38. The molecule has 5 nitrogen and oxygen atoms in total. The highest BCUT2D eigenvalue weighted by atomic mass is 16.2. The molecule has 0 fully saturated rings. The number of amides is 2. The summed E-state index contributed by atoms with van der Waals surface area (Å²) in [6.07, 6.45) is 5.20. The van der Waals surface area contributed by atoms with Crippen LogP contribution in [0.2, 0.25) is 0 Å². The summed E-state index contributed by atoms with van der Waals surface area (Å²) in [4.78, 5) is 26.8. The Morgan fingerprint density at radius 3 is 2.32 bits per heavy atom. The monoisotopic (exact) mass is 295 g/mol. The van der Waals surface area contributed by atoms with E-state index in [1.54, 1.807) is 10.9 Å². The van der Waals surface area contributed by atoms with Crippen molar-refractivity contribution < 1.29 is 9.59 Å². The van der Waals surface area contributed by atoms with Crippen LogP contribution in [-0.2, 0) is 16.6 Å². The van der Waals surface area contributed by atoms with Gasteiger partial charge < -0.3 is 0 Å². The maximum absolute atomic E-state index is 12.7. The number of imide groups is 1. The quantitative estimate of drug-likeness (QED) is 0.760. The second-order valence-electron chi connectivity index (χ2n) is 6.04. The van der Waals surface area contributed by atoms with Crippen LogP contribution < -0.4 is 4.90 Å². The number of hydrogen-bond acceptors (Lipinski definition) is 3. The van der Waals surface area contributed by atoms with Crippen molar-refractivity contribution in [1.82, 2.24) is 9.78 Å². The minimum Gasteiger partial charge on any atom is -0.269 e. The van der Waals surface area contributed by atoms with E-state index in [0.717, 1.165) is 42.1 Å². The molecule has 0 spiro atoms. The molecule has 2 heterocycles. The van der Waals surface area contributed by atoms with E-state index in [-0.39, 0.29) is 11.8 Å². The van der Waals surface area contributed by atoms with Crippen LogP contribution in [-0.4, -0.2) is 21.6 Å². The minimum atomic E-state index is -0.147.